The minimum Gasteiger partial charge on any atom is -0.495 e. The lowest BCUT2D eigenvalue weighted by Crippen LogP contribution is -2.30. The fourth-order valence-electron chi connectivity index (χ4n) is 1.96. The quantitative estimate of drug-likeness (QED) is 0.809. The summed E-state index contributed by atoms with van der Waals surface area (Å²) in [6.45, 7) is 1.97. The van der Waals surface area contributed by atoms with Crippen LogP contribution in [0, 0.1) is 0 Å². The van der Waals surface area contributed by atoms with Crippen LogP contribution in [0.2, 0.25) is 5.02 Å². The van der Waals surface area contributed by atoms with Gasteiger partial charge in [-0.25, -0.2) is 13.1 Å². The highest BCUT2D eigenvalue weighted by Gasteiger charge is 2.20. The lowest BCUT2D eigenvalue weighted by molar-refractivity contribution is 0.402. The van der Waals surface area contributed by atoms with Gasteiger partial charge in [0.2, 0.25) is 10.0 Å². The number of benzene rings is 1. The SMILES string of the molecule is COc1cc(Cl)ccc1S(=O)(=O)NCC1=CCNCC1. The second-order valence-corrected chi connectivity index (χ2v) is 6.61. The van der Waals surface area contributed by atoms with Crippen LogP contribution in [0.4, 0.5) is 0 Å². The number of hydrogen-bond acceptors (Lipinski definition) is 4. The van der Waals surface area contributed by atoms with E-state index in [1.807, 2.05) is 6.08 Å². The standard InChI is InChI=1S/C13H17ClN2O3S/c1-19-12-8-11(14)2-3-13(12)20(17,18)16-9-10-4-6-15-7-5-10/h2-4,8,15-16H,5-7,9H2,1H3. The molecule has 0 aromatic heterocycles. The first-order valence-electron chi connectivity index (χ1n) is 6.25. The van der Waals surface area contributed by atoms with Crippen molar-refractivity contribution in [2.45, 2.75) is 11.3 Å². The van der Waals surface area contributed by atoms with Gasteiger partial charge < -0.3 is 10.1 Å². The predicted octanol–water partition coefficient (Wildman–Crippen LogP) is 1.55. The Balaban J connectivity index is 2.15. The molecule has 1 aromatic rings. The largest absolute Gasteiger partial charge is 0.495 e. The van der Waals surface area contributed by atoms with Gasteiger partial charge in [0.15, 0.2) is 0 Å². The van der Waals surface area contributed by atoms with E-state index in [2.05, 4.69) is 10.0 Å². The second kappa shape index (κ2) is 6.58. The summed E-state index contributed by atoms with van der Waals surface area (Å²) in [6, 6.07) is 4.46. The molecule has 0 atom stereocenters. The van der Waals surface area contributed by atoms with Crippen LogP contribution >= 0.6 is 11.6 Å². The number of ether oxygens (including phenoxy) is 1. The van der Waals surface area contributed by atoms with Crippen molar-refractivity contribution in [2.75, 3.05) is 26.7 Å². The average molecular weight is 317 g/mol. The van der Waals surface area contributed by atoms with Crippen LogP contribution in [0.1, 0.15) is 6.42 Å². The van der Waals surface area contributed by atoms with Crippen molar-refractivity contribution in [2.24, 2.45) is 0 Å². The molecule has 5 nitrogen and oxygen atoms in total. The normalized spacial score (nSPS) is 15.8. The van der Waals surface area contributed by atoms with Crippen molar-refractivity contribution in [1.29, 1.82) is 0 Å². The van der Waals surface area contributed by atoms with E-state index in [9.17, 15) is 8.42 Å². The Labute approximate surface area is 124 Å². The summed E-state index contributed by atoms with van der Waals surface area (Å²) in [7, 11) is -2.20. The van der Waals surface area contributed by atoms with E-state index in [1.165, 1.54) is 25.3 Å². The van der Waals surface area contributed by atoms with Crippen LogP contribution in [0.5, 0.6) is 5.75 Å². The van der Waals surface area contributed by atoms with Crippen molar-refractivity contribution in [3.8, 4) is 5.75 Å². The molecule has 2 N–H and O–H groups in total. The van der Waals surface area contributed by atoms with Gasteiger partial charge in [0.25, 0.3) is 0 Å². The Morgan fingerprint density at radius 1 is 1.45 bits per heavy atom. The number of methoxy groups -OCH3 is 1. The Hall–Kier alpha value is -1.08. The van der Waals surface area contributed by atoms with Gasteiger partial charge in [-0.1, -0.05) is 23.3 Å². The molecule has 0 spiro atoms. The fraction of sp³-hybridized carbons (Fsp3) is 0.385. The molecule has 0 amide bonds. The molecule has 1 aliphatic rings. The molecule has 1 aromatic carbocycles. The smallest absolute Gasteiger partial charge is 0.244 e. The maximum absolute atomic E-state index is 12.3. The molecule has 0 radical (unpaired) electrons. The highest BCUT2D eigenvalue weighted by atomic mass is 35.5. The van der Waals surface area contributed by atoms with Crippen molar-refractivity contribution in [3.63, 3.8) is 0 Å². The third-order valence-electron chi connectivity index (χ3n) is 3.06. The maximum atomic E-state index is 12.3. The summed E-state index contributed by atoms with van der Waals surface area (Å²) in [5.41, 5.74) is 1.08. The topological polar surface area (TPSA) is 67.4 Å². The fourth-order valence-corrected chi connectivity index (χ4v) is 3.31. The van der Waals surface area contributed by atoms with Gasteiger partial charge in [-0.3, -0.25) is 0 Å². The van der Waals surface area contributed by atoms with Crippen LogP contribution in [-0.4, -0.2) is 35.2 Å². The minimum atomic E-state index is -3.61. The molecular weight excluding hydrogens is 300 g/mol. The Morgan fingerprint density at radius 3 is 2.90 bits per heavy atom. The number of rotatable bonds is 5. The summed E-state index contributed by atoms with van der Waals surface area (Å²) in [5.74, 6) is 0.240. The van der Waals surface area contributed by atoms with Gasteiger partial charge in [-0.15, -0.1) is 0 Å². The van der Waals surface area contributed by atoms with E-state index in [-0.39, 0.29) is 10.6 Å². The van der Waals surface area contributed by atoms with Crippen LogP contribution < -0.4 is 14.8 Å². The van der Waals surface area contributed by atoms with E-state index in [0.717, 1.165) is 25.1 Å². The summed E-state index contributed by atoms with van der Waals surface area (Å²) in [4.78, 5) is 0.0962. The summed E-state index contributed by atoms with van der Waals surface area (Å²) < 4.78 is 32.2. The van der Waals surface area contributed by atoms with E-state index in [4.69, 9.17) is 16.3 Å². The lowest BCUT2D eigenvalue weighted by atomic mass is 10.1. The molecule has 1 aliphatic heterocycles. The van der Waals surface area contributed by atoms with E-state index in [1.54, 1.807) is 0 Å². The first-order chi connectivity index (χ1) is 9.53. The monoisotopic (exact) mass is 316 g/mol. The molecule has 110 valence electrons. The predicted molar refractivity (Wildman–Crippen MR) is 78.8 cm³/mol. The van der Waals surface area contributed by atoms with E-state index >= 15 is 0 Å². The summed E-state index contributed by atoms with van der Waals surface area (Å²) >= 11 is 5.83. The number of nitrogens with one attached hydrogen (secondary N) is 2. The van der Waals surface area contributed by atoms with Gasteiger partial charge in [0, 0.05) is 24.2 Å². The van der Waals surface area contributed by atoms with E-state index in [0.29, 0.717) is 11.6 Å². The first-order valence-corrected chi connectivity index (χ1v) is 8.11. The zero-order valence-electron chi connectivity index (χ0n) is 11.1. The second-order valence-electron chi connectivity index (χ2n) is 4.44. The molecule has 0 saturated heterocycles. The van der Waals surface area contributed by atoms with Crippen LogP contribution in [0.25, 0.3) is 0 Å². The zero-order chi connectivity index (χ0) is 14.6. The summed E-state index contributed by atoms with van der Waals surface area (Å²) in [5, 5.41) is 3.61. The van der Waals surface area contributed by atoms with Crippen LogP contribution in [-0.2, 0) is 10.0 Å². The van der Waals surface area contributed by atoms with Gasteiger partial charge in [0.05, 0.1) is 7.11 Å². The summed E-state index contributed by atoms with van der Waals surface area (Å²) in [6.07, 6.45) is 2.85. The molecule has 20 heavy (non-hydrogen) atoms. The molecule has 0 saturated carbocycles. The molecule has 0 unspecified atom stereocenters. The molecular formula is C13H17ClN2O3S. The van der Waals surface area contributed by atoms with Crippen molar-refractivity contribution in [1.82, 2.24) is 10.0 Å². The molecule has 1 heterocycles. The molecule has 0 bridgehead atoms. The molecule has 2 rings (SSSR count). The van der Waals surface area contributed by atoms with Crippen molar-refractivity contribution in [3.05, 3.63) is 34.9 Å². The zero-order valence-corrected chi connectivity index (χ0v) is 12.7. The first kappa shape index (κ1) is 15.3. The molecule has 7 heteroatoms. The third-order valence-corrected chi connectivity index (χ3v) is 4.74. The number of halogens is 1. The highest BCUT2D eigenvalue weighted by molar-refractivity contribution is 7.89. The van der Waals surface area contributed by atoms with Crippen LogP contribution in [0.3, 0.4) is 0 Å². The minimum absolute atomic E-state index is 0.0962. The van der Waals surface area contributed by atoms with Crippen LogP contribution in [0.15, 0.2) is 34.7 Å². The van der Waals surface area contributed by atoms with Gasteiger partial charge in [-0.2, -0.15) is 0 Å². The highest BCUT2D eigenvalue weighted by Crippen LogP contribution is 2.27. The van der Waals surface area contributed by atoms with Gasteiger partial charge in [0.1, 0.15) is 10.6 Å². The Kier molecular flexibility index (Phi) is 5.04. The third kappa shape index (κ3) is 3.73. The number of sulfonamides is 1. The van der Waals surface area contributed by atoms with Crippen molar-refractivity contribution < 1.29 is 13.2 Å². The lowest BCUT2D eigenvalue weighted by Gasteiger charge is -2.15. The molecule has 0 fully saturated rings. The van der Waals surface area contributed by atoms with Gasteiger partial charge in [-0.05, 0) is 25.1 Å². The maximum Gasteiger partial charge on any atom is 0.244 e. The number of hydrogen-bond donors (Lipinski definition) is 2. The Bertz CT molecular complexity index is 614. The average Bonchev–Trinajstić information content (AvgIpc) is 2.46. The van der Waals surface area contributed by atoms with Gasteiger partial charge >= 0.3 is 0 Å². The Morgan fingerprint density at radius 2 is 2.25 bits per heavy atom. The van der Waals surface area contributed by atoms with Crippen molar-refractivity contribution >= 4 is 21.6 Å². The van der Waals surface area contributed by atoms with E-state index < -0.39 is 10.0 Å². The molecule has 0 aliphatic carbocycles.